The summed E-state index contributed by atoms with van der Waals surface area (Å²) < 4.78 is 1.85. The van der Waals surface area contributed by atoms with Crippen molar-refractivity contribution < 1.29 is 0 Å². The van der Waals surface area contributed by atoms with E-state index >= 15 is 0 Å². The van der Waals surface area contributed by atoms with Gasteiger partial charge in [-0.3, -0.25) is 4.68 Å². The Kier molecular flexibility index (Phi) is 4.50. The number of rotatable bonds is 5. The molecule has 0 saturated heterocycles. The van der Waals surface area contributed by atoms with Crippen LogP contribution in [0.2, 0.25) is 5.02 Å². The number of nitrogens with zero attached hydrogens (tertiary/aromatic N) is 4. The van der Waals surface area contributed by atoms with Crippen molar-refractivity contribution in [1.29, 1.82) is 0 Å². The fourth-order valence-electron chi connectivity index (χ4n) is 2.10. The summed E-state index contributed by atoms with van der Waals surface area (Å²) in [5.74, 6) is 0. The molecule has 0 fully saturated rings. The van der Waals surface area contributed by atoms with E-state index in [0.717, 1.165) is 34.9 Å². The monoisotopic (exact) mass is 279 g/mol. The predicted molar refractivity (Wildman–Crippen MR) is 75.1 cm³/mol. The summed E-state index contributed by atoms with van der Waals surface area (Å²) in [6.07, 6.45) is 4.89. The first-order valence-electron chi connectivity index (χ1n) is 6.30. The van der Waals surface area contributed by atoms with E-state index in [1.165, 1.54) is 0 Å². The van der Waals surface area contributed by atoms with Crippen LogP contribution in [0.1, 0.15) is 30.0 Å². The fraction of sp³-hybridized carbons (Fsp3) is 0.462. The van der Waals surface area contributed by atoms with Gasteiger partial charge in [0.25, 0.3) is 0 Å². The number of nitrogens with one attached hydrogen (secondary N) is 1. The summed E-state index contributed by atoms with van der Waals surface area (Å²) in [7, 11) is 3.84. The summed E-state index contributed by atoms with van der Waals surface area (Å²) in [4.78, 5) is 8.23. The van der Waals surface area contributed by atoms with Crippen LogP contribution in [0.25, 0.3) is 0 Å². The second-order valence-corrected chi connectivity index (χ2v) is 4.74. The van der Waals surface area contributed by atoms with E-state index in [-0.39, 0.29) is 6.04 Å². The highest BCUT2D eigenvalue weighted by atomic mass is 35.5. The molecule has 19 heavy (non-hydrogen) atoms. The topological polar surface area (TPSA) is 55.6 Å². The molecule has 0 radical (unpaired) electrons. The van der Waals surface area contributed by atoms with E-state index in [1.807, 2.05) is 24.8 Å². The summed E-state index contributed by atoms with van der Waals surface area (Å²) in [5, 5.41) is 8.46. The standard InChI is InChI=1S/C13H18ClN5/c1-4-9-13(14)12(19(3)18-9)7-11(15-2)10-5-6-16-8-17-10/h5-6,8,11,15H,4,7H2,1-3H3. The van der Waals surface area contributed by atoms with Crippen molar-refractivity contribution in [3.63, 3.8) is 0 Å². The van der Waals surface area contributed by atoms with Gasteiger partial charge >= 0.3 is 0 Å². The smallest absolute Gasteiger partial charge is 0.115 e. The van der Waals surface area contributed by atoms with Gasteiger partial charge in [0.2, 0.25) is 0 Å². The molecule has 2 rings (SSSR count). The van der Waals surface area contributed by atoms with Crippen molar-refractivity contribution >= 4 is 11.6 Å². The normalized spacial score (nSPS) is 12.6. The van der Waals surface area contributed by atoms with Crippen LogP contribution < -0.4 is 5.32 Å². The van der Waals surface area contributed by atoms with E-state index in [9.17, 15) is 0 Å². The molecule has 1 N–H and O–H groups in total. The van der Waals surface area contributed by atoms with Gasteiger partial charge in [-0.2, -0.15) is 5.10 Å². The molecule has 0 aliphatic carbocycles. The van der Waals surface area contributed by atoms with Crippen molar-refractivity contribution in [1.82, 2.24) is 25.1 Å². The van der Waals surface area contributed by atoms with Crippen molar-refractivity contribution in [2.75, 3.05) is 7.05 Å². The van der Waals surface area contributed by atoms with Gasteiger partial charge in [-0.05, 0) is 19.5 Å². The minimum Gasteiger partial charge on any atom is -0.311 e. The second-order valence-electron chi connectivity index (χ2n) is 4.36. The molecule has 0 bridgehead atoms. The molecular formula is C13H18ClN5. The Bertz CT molecular complexity index is 537. The van der Waals surface area contributed by atoms with Crippen LogP contribution in [0, 0.1) is 0 Å². The molecule has 1 unspecified atom stereocenters. The highest BCUT2D eigenvalue weighted by Crippen LogP contribution is 2.25. The van der Waals surface area contributed by atoms with Crippen LogP contribution in [0.3, 0.4) is 0 Å². The molecule has 0 spiro atoms. The molecule has 6 heteroatoms. The minimum atomic E-state index is 0.0978. The molecule has 2 aromatic rings. The Morgan fingerprint density at radius 2 is 2.26 bits per heavy atom. The van der Waals surface area contributed by atoms with Gasteiger partial charge in [0, 0.05) is 19.7 Å². The SMILES string of the molecule is CCc1nn(C)c(CC(NC)c2ccncn2)c1Cl. The average molecular weight is 280 g/mol. The molecule has 102 valence electrons. The molecule has 0 aliphatic heterocycles. The van der Waals surface area contributed by atoms with Crippen molar-refractivity contribution in [3.05, 3.63) is 40.7 Å². The van der Waals surface area contributed by atoms with Crippen LogP contribution in [-0.4, -0.2) is 26.8 Å². The van der Waals surface area contributed by atoms with Crippen molar-refractivity contribution in [2.24, 2.45) is 7.05 Å². The maximum atomic E-state index is 6.37. The van der Waals surface area contributed by atoms with Gasteiger partial charge in [-0.1, -0.05) is 18.5 Å². The number of aromatic nitrogens is 4. The molecule has 0 saturated carbocycles. The highest BCUT2D eigenvalue weighted by molar-refractivity contribution is 6.31. The molecular weight excluding hydrogens is 262 g/mol. The first kappa shape index (κ1) is 14.0. The Balaban J connectivity index is 2.26. The van der Waals surface area contributed by atoms with Gasteiger partial charge in [-0.15, -0.1) is 0 Å². The zero-order valence-corrected chi connectivity index (χ0v) is 12.1. The van der Waals surface area contributed by atoms with Crippen LogP contribution in [-0.2, 0) is 19.9 Å². The molecule has 2 aromatic heterocycles. The van der Waals surface area contributed by atoms with Crippen molar-refractivity contribution in [3.8, 4) is 0 Å². The Morgan fingerprint density at radius 1 is 1.47 bits per heavy atom. The summed E-state index contributed by atoms with van der Waals surface area (Å²) in [6, 6.07) is 2.01. The number of likely N-dealkylation sites (N-methyl/N-ethyl adjacent to an activating group) is 1. The van der Waals surface area contributed by atoms with Gasteiger partial charge in [0.15, 0.2) is 0 Å². The third-order valence-electron chi connectivity index (χ3n) is 3.21. The number of hydrogen-bond donors (Lipinski definition) is 1. The molecule has 2 heterocycles. The quantitative estimate of drug-likeness (QED) is 0.909. The third-order valence-corrected chi connectivity index (χ3v) is 3.65. The van der Waals surface area contributed by atoms with E-state index in [2.05, 4.69) is 27.3 Å². The van der Waals surface area contributed by atoms with E-state index in [1.54, 1.807) is 12.5 Å². The lowest BCUT2D eigenvalue weighted by molar-refractivity contribution is 0.547. The average Bonchev–Trinajstić information content (AvgIpc) is 2.72. The molecule has 0 aliphatic rings. The van der Waals surface area contributed by atoms with Crippen molar-refractivity contribution in [2.45, 2.75) is 25.8 Å². The molecule has 5 nitrogen and oxygen atoms in total. The van der Waals surface area contributed by atoms with Gasteiger partial charge in [0.05, 0.1) is 28.1 Å². The Hall–Kier alpha value is -1.46. The summed E-state index contributed by atoms with van der Waals surface area (Å²) >= 11 is 6.37. The summed E-state index contributed by atoms with van der Waals surface area (Å²) in [6.45, 7) is 2.05. The molecule has 0 amide bonds. The minimum absolute atomic E-state index is 0.0978. The van der Waals surface area contributed by atoms with E-state index < -0.39 is 0 Å². The van der Waals surface area contributed by atoms with Crippen LogP contribution in [0.15, 0.2) is 18.6 Å². The van der Waals surface area contributed by atoms with E-state index in [4.69, 9.17) is 11.6 Å². The molecule has 0 aromatic carbocycles. The summed E-state index contributed by atoms with van der Waals surface area (Å²) in [5.41, 5.74) is 2.92. The van der Waals surface area contributed by atoms with Crippen LogP contribution >= 0.6 is 11.6 Å². The lowest BCUT2D eigenvalue weighted by atomic mass is 10.1. The maximum absolute atomic E-state index is 6.37. The van der Waals surface area contributed by atoms with Crippen LogP contribution in [0.4, 0.5) is 0 Å². The first-order valence-corrected chi connectivity index (χ1v) is 6.68. The predicted octanol–water partition coefficient (Wildman–Crippen LogP) is 1.93. The largest absolute Gasteiger partial charge is 0.311 e. The lowest BCUT2D eigenvalue weighted by Gasteiger charge is -2.15. The zero-order chi connectivity index (χ0) is 13.8. The van der Waals surface area contributed by atoms with E-state index in [0.29, 0.717) is 0 Å². The number of hydrogen-bond acceptors (Lipinski definition) is 4. The maximum Gasteiger partial charge on any atom is 0.115 e. The Labute approximate surface area is 118 Å². The fourth-order valence-corrected chi connectivity index (χ4v) is 2.47. The lowest BCUT2D eigenvalue weighted by Crippen LogP contribution is -2.21. The Morgan fingerprint density at radius 3 is 2.79 bits per heavy atom. The second kappa shape index (κ2) is 6.12. The zero-order valence-electron chi connectivity index (χ0n) is 11.4. The highest BCUT2D eigenvalue weighted by Gasteiger charge is 2.18. The third kappa shape index (κ3) is 2.93. The number of halogens is 1. The van der Waals surface area contributed by atoms with Gasteiger partial charge in [0.1, 0.15) is 6.33 Å². The van der Waals surface area contributed by atoms with Crippen LogP contribution in [0.5, 0.6) is 0 Å². The van der Waals surface area contributed by atoms with Gasteiger partial charge in [-0.25, -0.2) is 9.97 Å². The molecule has 1 atom stereocenters. The number of aryl methyl sites for hydroxylation is 2. The first-order chi connectivity index (χ1) is 9.17. The van der Waals surface area contributed by atoms with Gasteiger partial charge < -0.3 is 5.32 Å².